The summed E-state index contributed by atoms with van der Waals surface area (Å²) in [6.45, 7) is 0. The zero-order chi connectivity index (χ0) is 33.7. The minimum Gasteiger partial charge on any atom is -0.228 e. The van der Waals surface area contributed by atoms with E-state index in [0.717, 1.165) is 33.6 Å². The quantitative estimate of drug-likeness (QED) is 0.135. The van der Waals surface area contributed by atoms with Crippen LogP contribution >= 0.6 is 11.3 Å². The van der Waals surface area contributed by atoms with Gasteiger partial charge in [-0.1, -0.05) is 152 Å². The number of rotatable bonds is 5. The molecule has 0 aliphatic carbocycles. The van der Waals surface area contributed by atoms with Crippen LogP contribution in [0, 0.1) is 0 Å². The molecular weight excluding hydrogens is 637 g/mol. The lowest BCUT2D eigenvalue weighted by Crippen LogP contribution is -1.97. The molecule has 0 saturated carbocycles. The Kier molecular flexibility index (Phi) is 7.04. The van der Waals surface area contributed by atoms with E-state index in [2.05, 4.69) is 164 Å². The molecule has 0 radical (unpaired) electrons. The molecule has 10 rings (SSSR count). The van der Waals surface area contributed by atoms with Crippen molar-refractivity contribution in [3.8, 4) is 55.5 Å². The van der Waals surface area contributed by atoms with E-state index < -0.39 is 0 Å². The van der Waals surface area contributed by atoms with Gasteiger partial charge in [-0.2, -0.15) is 0 Å². The van der Waals surface area contributed by atoms with Gasteiger partial charge >= 0.3 is 0 Å². The smallest absolute Gasteiger partial charge is 0.160 e. The number of hydrogen-bond acceptors (Lipinski definition) is 3. The highest BCUT2D eigenvalue weighted by molar-refractivity contribution is 7.22. The Bertz CT molecular complexity index is 2890. The highest BCUT2D eigenvalue weighted by atomic mass is 32.1. The zero-order valence-corrected chi connectivity index (χ0v) is 28.4. The third-order valence-corrected chi connectivity index (χ3v) is 11.0. The summed E-state index contributed by atoms with van der Waals surface area (Å²) in [7, 11) is 0. The second-order valence-electron chi connectivity index (χ2n) is 13.0. The van der Waals surface area contributed by atoms with Crippen LogP contribution in [0.3, 0.4) is 0 Å². The Hall–Kier alpha value is -6.42. The molecule has 2 nitrogen and oxygen atoms in total. The summed E-state index contributed by atoms with van der Waals surface area (Å²) in [5.74, 6) is 0.710. The van der Waals surface area contributed by atoms with Gasteiger partial charge in [0.15, 0.2) is 5.82 Å². The summed E-state index contributed by atoms with van der Waals surface area (Å²) in [5.41, 5.74) is 8.50. The molecule has 2 heterocycles. The SMILES string of the molecule is c1ccc(-c2nc(-c3cccc(-c4c5ccccc5cc5c4ccc4ccccc45)c3)cc(-c3ccccc3-c3cc4ccccc4s3)n2)cc1. The van der Waals surface area contributed by atoms with Gasteiger partial charge in [-0.25, -0.2) is 9.97 Å². The van der Waals surface area contributed by atoms with E-state index in [1.165, 1.54) is 58.4 Å². The Morgan fingerprint density at radius 2 is 1.02 bits per heavy atom. The van der Waals surface area contributed by atoms with Crippen molar-refractivity contribution in [1.82, 2.24) is 9.97 Å². The molecule has 0 aliphatic rings. The summed E-state index contributed by atoms with van der Waals surface area (Å²) in [6.07, 6.45) is 0. The van der Waals surface area contributed by atoms with Gasteiger partial charge in [0.05, 0.1) is 11.4 Å². The fraction of sp³-hybridized carbons (Fsp3) is 0. The van der Waals surface area contributed by atoms with E-state index in [1.54, 1.807) is 0 Å². The molecule has 0 unspecified atom stereocenters. The van der Waals surface area contributed by atoms with Gasteiger partial charge in [0.25, 0.3) is 0 Å². The minimum atomic E-state index is 0.710. The van der Waals surface area contributed by atoms with Crippen LogP contribution in [0.25, 0.3) is 97.9 Å². The summed E-state index contributed by atoms with van der Waals surface area (Å²) < 4.78 is 1.28. The molecule has 3 heteroatoms. The maximum Gasteiger partial charge on any atom is 0.160 e. The van der Waals surface area contributed by atoms with Crippen LogP contribution < -0.4 is 0 Å². The van der Waals surface area contributed by atoms with Crippen molar-refractivity contribution in [3.05, 3.63) is 182 Å². The molecule has 0 aliphatic heterocycles. The molecule has 10 aromatic rings. The predicted octanol–water partition coefficient (Wildman–Crippen LogP) is 13.5. The first-order chi connectivity index (χ1) is 25.3. The minimum absolute atomic E-state index is 0.710. The lowest BCUT2D eigenvalue weighted by molar-refractivity contribution is 1.18. The van der Waals surface area contributed by atoms with Crippen LogP contribution in [0.4, 0.5) is 0 Å². The van der Waals surface area contributed by atoms with Crippen LogP contribution in [-0.2, 0) is 0 Å². The Balaban J connectivity index is 1.18. The number of aromatic nitrogens is 2. The normalized spacial score (nSPS) is 11.5. The van der Waals surface area contributed by atoms with Crippen LogP contribution in [0.2, 0.25) is 0 Å². The zero-order valence-electron chi connectivity index (χ0n) is 27.6. The van der Waals surface area contributed by atoms with Crippen molar-refractivity contribution >= 4 is 53.7 Å². The third-order valence-electron chi connectivity index (χ3n) is 9.87. The van der Waals surface area contributed by atoms with Crippen molar-refractivity contribution in [3.63, 3.8) is 0 Å². The topological polar surface area (TPSA) is 25.8 Å². The predicted molar refractivity (Wildman–Crippen MR) is 217 cm³/mol. The van der Waals surface area contributed by atoms with Crippen molar-refractivity contribution < 1.29 is 0 Å². The van der Waals surface area contributed by atoms with E-state index in [1.807, 2.05) is 29.5 Å². The number of benzene rings is 8. The second-order valence-corrected chi connectivity index (χ2v) is 14.0. The fourth-order valence-electron chi connectivity index (χ4n) is 7.45. The van der Waals surface area contributed by atoms with Gasteiger partial charge in [0.2, 0.25) is 0 Å². The number of fused-ring (bicyclic) bond motifs is 5. The fourth-order valence-corrected chi connectivity index (χ4v) is 8.55. The standard InChI is InChI=1S/C48H30N2S/c1-2-14-32(15-3-1)48-49-43(30-44(50-48)39-22-9-10-23-40(39)46-29-35-17-6-11-24-45(35)51-46)34-18-12-19-36(27-34)47-38-21-8-5-16-33(38)28-42-37-20-7-4-13-31(37)25-26-41(42)47/h1-30H. The first kappa shape index (κ1) is 29.5. The first-order valence-corrected chi connectivity index (χ1v) is 18.1. The van der Waals surface area contributed by atoms with Gasteiger partial charge in [-0.05, 0) is 79.2 Å². The molecule has 0 saturated heterocycles. The van der Waals surface area contributed by atoms with E-state index in [4.69, 9.17) is 9.97 Å². The van der Waals surface area contributed by atoms with Crippen molar-refractivity contribution in [1.29, 1.82) is 0 Å². The van der Waals surface area contributed by atoms with Crippen LogP contribution in [-0.4, -0.2) is 9.97 Å². The summed E-state index contributed by atoms with van der Waals surface area (Å²) in [6, 6.07) is 65.1. The Labute approximate surface area is 300 Å². The molecule has 0 spiro atoms. The van der Waals surface area contributed by atoms with E-state index in [0.29, 0.717) is 5.82 Å². The van der Waals surface area contributed by atoms with Crippen molar-refractivity contribution in [2.45, 2.75) is 0 Å². The molecule has 0 bridgehead atoms. The molecule has 0 fully saturated rings. The van der Waals surface area contributed by atoms with Gasteiger partial charge < -0.3 is 0 Å². The van der Waals surface area contributed by atoms with Crippen molar-refractivity contribution in [2.75, 3.05) is 0 Å². The van der Waals surface area contributed by atoms with E-state index in [-0.39, 0.29) is 0 Å². The Morgan fingerprint density at radius 1 is 0.353 bits per heavy atom. The average molecular weight is 667 g/mol. The lowest BCUT2D eigenvalue weighted by atomic mass is 9.89. The molecule has 2 aromatic heterocycles. The maximum absolute atomic E-state index is 5.23. The van der Waals surface area contributed by atoms with E-state index >= 15 is 0 Å². The number of hydrogen-bond donors (Lipinski definition) is 0. The maximum atomic E-state index is 5.23. The average Bonchev–Trinajstić information content (AvgIpc) is 3.65. The number of nitrogens with zero attached hydrogens (tertiary/aromatic N) is 2. The van der Waals surface area contributed by atoms with Crippen LogP contribution in [0.5, 0.6) is 0 Å². The molecule has 238 valence electrons. The number of thiophene rings is 1. The van der Waals surface area contributed by atoms with E-state index in [9.17, 15) is 0 Å². The summed E-state index contributed by atoms with van der Waals surface area (Å²) >= 11 is 1.82. The molecule has 8 aromatic carbocycles. The van der Waals surface area contributed by atoms with Gasteiger partial charge in [-0.15, -0.1) is 11.3 Å². The van der Waals surface area contributed by atoms with Gasteiger partial charge in [0.1, 0.15) is 0 Å². The second kappa shape index (κ2) is 12.2. The van der Waals surface area contributed by atoms with Gasteiger partial charge in [0, 0.05) is 31.8 Å². The third kappa shape index (κ3) is 5.18. The molecule has 0 N–H and O–H groups in total. The largest absolute Gasteiger partial charge is 0.228 e. The first-order valence-electron chi connectivity index (χ1n) is 17.2. The van der Waals surface area contributed by atoms with Crippen molar-refractivity contribution in [2.24, 2.45) is 0 Å². The highest BCUT2D eigenvalue weighted by Gasteiger charge is 2.17. The summed E-state index contributed by atoms with van der Waals surface area (Å²) in [4.78, 5) is 11.7. The highest BCUT2D eigenvalue weighted by Crippen LogP contribution is 2.42. The molecule has 0 atom stereocenters. The monoisotopic (exact) mass is 666 g/mol. The van der Waals surface area contributed by atoms with Gasteiger partial charge in [-0.3, -0.25) is 0 Å². The van der Waals surface area contributed by atoms with Crippen LogP contribution in [0.15, 0.2) is 182 Å². The Morgan fingerprint density at radius 3 is 1.88 bits per heavy atom. The summed E-state index contributed by atoms with van der Waals surface area (Å²) in [5, 5.41) is 8.75. The molecule has 51 heavy (non-hydrogen) atoms. The van der Waals surface area contributed by atoms with Crippen LogP contribution in [0.1, 0.15) is 0 Å². The molecular formula is C48H30N2S. The molecule has 0 amide bonds. The lowest BCUT2D eigenvalue weighted by Gasteiger charge is -2.15.